The van der Waals surface area contributed by atoms with E-state index in [1.807, 2.05) is 67.6 Å². The van der Waals surface area contributed by atoms with Gasteiger partial charge in [0.1, 0.15) is 12.2 Å². The average molecular weight is 527 g/mol. The summed E-state index contributed by atoms with van der Waals surface area (Å²) in [6.45, 7) is 6.90. The Morgan fingerprint density at radius 3 is 1.79 bits per heavy atom. The Bertz CT molecular complexity index is 889. The molecule has 38 heavy (non-hydrogen) atoms. The van der Waals surface area contributed by atoms with Gasteiger partial charge in [-0.05, 0) is 24.5 Å². The summed E-state index contributed by atoms with van der Waals surface area (Å²) in [5, 5.41) is 0. The highest BCUT2D eigenvalue weighted by molar-refractivity contribution is 5.66. The average Bonchev–Trinajstić information content (AvgIpc) is 2.92. The smallest absolute Gasteiger partial charge is 0.303 e. The van der Waals surface area contributed by atoms with E-state index in [2.05, 4.69) is 6.92 Å². The number of carbonyl (C=O) groups excluding carboxylic acids is 1. The summed E-state index contributed by atoms with van der Waals surface area (Å²) in [6.07, 6.45) is 7.03. The number of unbranched alkanes of at least 4 members (excludes halogenated alkanes) is 7. The van der Waals surface area contributed by atoms with E-state index in [0.29, 0.717) is 19.8 Å². The van der Waals surface area contributed by atoms with Crippen molar-refractivity contribution < 1.29 is 28.5 Å². The Morgan fingerprint density at radius 1 is 0.711 bits per heavy atom. The molecule has 0 radical (unpaired) electrons. The molecule has 1 heterocycles. The zero-order valence-electron chi connectivity index (χ0n) is 23.4. The third-order valence-electron chi connectivity index (χ3n) is 6.88. The van der Waals surface area contributed by atoms with Crippen molar-refractivity contribution in [2.24, 2.45) is 0 Å². The molecule has 0 aromatic heterocycles. The van der Waals surface area contributed by atoms with Gasteiger partial charge >= 0.3 is 5.97 Å². The number of carbonyl (C=O) groups is 1. The second kappa shape index (κ2) is 17.4. The molecule has 0 saturated carbocycles. The highest BCUT2D eigenvalue weighted by Crippen LogP contribution is 2.30. The second-order valence-corrected chi connectivity index (χ2v) is 10.2. The predicted octanol–water partition coefficient (Wildman–Crippen LogP) is 6.99. The highest BCUT2D eigenvalue weighted by atomic mass is 16.7. The summed E-state index contributed by atoms with van der Waals surface area (Å²) >= 11 is 0. The Balaban J connectivity index is 1.64. The van der Waals surface area contributed by atoms with E-state index >= 15 is 0 Å². The third-order valence-corrected chi connectivity index (χ3v) is 6.88. The zero-order chi connectivity index (χ0) is 27.0. The Hall–Kier alpha value is -2.25. The van der Waals surface area contributed by atoms with Gasteiger partial charge in [-0.15, -0.1) is 0 Å². The van der Waals surface area contributed by atoms with Gasteiger partial charge in [-0.3, -0.25) is 4.79 Å². The largest absolute Gasteiger partial charge is 0.457 e. The number of hydrogen-bond acceptors (Lipinski definition) is 6. The molecule has 3 rings (SSSR count). The molecule has 6 heteroatoms. The molecule has 2 aromatic carbocycles. The van der Waals surface area contributed by atoms with E-state index in [1.165, 1.54) is 45.4 Å². The molecular formula is C32H46O6. The lowest BCUT2D eigenvalue weighted by Crippen LogP contribution is -2.60. The van der Waals surface area contributed by atoms with Gasteiger partial charge in [-0.25, -0.2) is 0 Å². The predicted molar refractivity (Wildman–Crippen MR) is 148 cm³/mol. The second-order valence-electron chi connectivity index (χ2n) is 10.2. The van der Waals surface area contributed by atoms with Crippen molar-refractivity contribution in [3.63, 3.8) is 0 Å². The maximum absolute atomic E-state index is 12.2. The molecule has 6 nitrogen and oxygen atoms in total. The molecule has 1 saturated heterocycles. The van der Waals surface area contributed by atoms with Crippen molar-refractivity contribution in [1.29, 1.82) is 0 Å². The maximum atomic E-state index is 12.2. The summed E-state index contributed by atoms with van der Waals surface area (Å²) in [5.74, 6) is -0.382. The topological polar surface area (TPSA) is 63.2 Å². The van der Waals surface area contributed by atoms with Crippen molar-refractivity contribution >= 4 is 5.97 Å². The summed E-state index contributed by atoms with van der Waals surface area (Å²) in [7, 11) is 0. The molecule has 1 aliphatic rings. The fourth-order valence-corrected chi connectivity index (χ4v) is 4.81. The molecule has 1 aliphatic heterocycles. The van der Waals surface area contributed by atoms with Crippen LogP contribution < -0.4 is 0 Å². The quantitative estimate of drug-likeness (QED) is 0.163. The zero-order valence-corrected chi connectivity index (χ0v) is 23.4. The van der Waals surface area contributed by atoms with Gasteiger partial charge in [-0.1, -0.05) is 113 Å². The van der Waals surface area contributed by atoms with Gasteiger partial charge < -0.3 is 23.7 Å². The van der Waals surface area contributed by atoms with Crippen molar-refractivity contribution in [2.75, 3.05) is 6.61 Å². The lowest BCUT2D eigenvalue weighted by molar-refractivity contribution is -0.313. The minimum atomic E-state index is -0.660. The van der Waals surface area contributed by atoms with Crippen LogP contribution in [0.4, 0.5) is 0 Å². The van der Waals surface area contributed by atoms with Gasteiger partial charge in [0.25, 0.3) is 0 Å². The standard InChI is InChI=1S/C32H46O6/c1-4-5-6-7-8-9-10-17-22-34-32-31(36-24-28-20-15-12-16-21-28)30(38-26(3)33)29(25(2)37-32)35-23-27-18-13-11-14-19-27/h11-16,18-21,25,29-32H,4-10,17,22-24H2,1-3H3/t25-,29+,30+,31-,32-/m0/s1. The molecule has 5 atom stereocenters. The number of ether oxygens (including phenoxy) is 5. The number of hydrogen-bond donors (Lipinski definition) is 0. The van der Waals surface area contributed by atoms with E-state index in [4.69, 9.17) is 23.7 Å². The molecule has 0 aliphatic carbocycles. The molecule has 0 spiro atoms. The molecule has 0 amide bonds. The van der Waals surface area contributed by atoms with Gasteiger partial charge in [0.15, 0.2) is 12.4 Å². The number of rotatable bonds is 17. The minimum absolute atomic E-state index is 0.344. The van der Waals surface area contributed by atoms with Crippen LogP contribution in [0, 0.1) is 0 Å². The molecule has 210 valence electrons. The monoisotopic (exact) mass is 526 g/mol. The van der Waals surface area contributed by atoms with Gasteiger partial charge in [0, 0.05) is 13.5 Å². The van der Waals surface area contributed by atoms with Crippen molar-refractivity contribution in [2.45, 2.75) is 116 Å². The lowest BCUT2D eigenvalue weighted by Gasteiger charge is -2.44. The fourth-order valence-electron chi connectivity index (χ4n) is 4.81. The van der Waals surface area contributed by atoms with E-state index < -0.39 is 24.6 Å². The van der Waals surface area contributed by atoms with E-state index in [0.717, 1.165) is 24.0 Å². The van der Waals surface area contributed by atoms with Crippen LogP contribution in [0.5, 0.6) is 0 Å². The number of benzene rings is 2. The molecule has 2 aromatic rings. The Morgan fingerprint density at radius 2 is 1.24 bits per heavy atom. The summed E-state index contributed by atoms with van der Waals surface area (Å²) in [5.41, 5.74) is 2.06. The normalized spacial score (nSPS) is 23.3. The molecule has 0 N–H and O–H groups in total. The van der Waals surface area contributed by atoms with Gasteiger partial charge in [0.05, 0.1) is 19.3 Å². The molecular weight excluding hydrogens is 480 g/mol. The van der Waals surface area contributed by atoms with Crippen molar-refractivity contribution in [3.8, 4) is 0 Å². The first-order valence-corrected chi connectivity index (χ1v) is 14.3. The lowest BCUT2D eigenvalue weighted by atomic mass is 9.98. The van der Waals surface area contributed by atoms with Crippen LogP contribution in [0.1, 0.15) is 83.3 Å². The van der Waals surface area contributed by atoms with Crippen LogP contribution in [0.15, 0.2) is 60.7 Å². The van der Waals surface area contributed by atoms with E-state index in [9.17, 15) is 4.79 Å². The first kappa shape index (κ1) is 30.3. The molecule has 0 bridgehead atoms. The Labute approximate surface area is 229 Å². The van der Waals surface area contributed by atoms with Crippen LogP contribution in [0.2, 0.25) is 0 Å². The van der Waals surface area contributed by atoms with Gasteiger partial charge in [-0.2, -0.15) is 0 Å². The van der Waals surface area contributed by atoms with E-state index in [-0.39, 0.29) is 12.1 Å². The van der Waals surface area contributed by atoms with Crippen LogP contribution in [-0.4, -0.2) is 43.3 Å². The van der Waals surface area contributed by atoms with Crippen LogP contribution in [-0.2, 0) is 41.7 Å². The van der Waals surface area contributed by atoms with Crippen molar-refractivity contribution in [3.05, 3.63) is 71.8 Å². The maximum Gasteiger partial charge on any atom is 0.303 e. The SMILES string of the molecule is CCCCCCCCCCO[C@H]1O[C@@H](C)[C@@H](OCc2ccccc2)[C@@H](OC(C)=O)[C@@H]1OCc1ccccc1. The third kappa shape index (κ3) is 10.5. The summed E-state index contributed by atoms with van der Waals surface area (Å²) in [4.78, 5) is 12.2. The molecule has 0 unspecified atom stereocenters. The van der Waals surface area contributed by atoms with Gasteiger partial charge in [0.2, 0.25) is 0 Å². The highest BCUT2D eigenvalue weighted by Gasteiger charge is 2.48. The number of esters is 1. The van der Waals surface area contributed by atoms with Crippen molar-refractivity contribution in [1.82, 2.24) is 0 Å². The summed E-state index contributed by atoms with van der Waals surface area (Å²) in [6, 6.07) is 19.9. The van der Waals surface area contributed by atoms with Crippen LogP contribution in [0.3, 0.4) is 0 Å². The fraction of sp³-hybridized carbons (Fsp3) is 0.594. The first-order valence-electron chi connectivity index (χ1n) is 14.3. The van der Waals surface area contributed by atoms with E-state index in [1.54, 1.807) is 0 Å². The summed E-state index contributed by atoms with van der Waals surface area (Å²) < 4.78 is 31.0. The first-order chi connectivity index (χ1) is 18.6. The Kier molecular flexibility index (Phi) is 13.8. The van der Waals surface area contributed by atoms with Crippen LogP contribution in [0.25, 0.3) is 0 Å². The molecule has 1 fully saturated rings. The van der Waals surface area contributed by atoms with Crippen LogP contribution >= 0.6 is 0 Å². The minimum Gasteiger partial charge on any atom is -0.457 e.